The molecule has 2 fully saturated rings. The van der Waals surface area contributed by atoms with Gasteiger partial charge in [0.25, 0.3) is 0 Å². The molecule has 2 saturated heterocycles. The number of nitrogens with zero attached hydrogens (tertiary/aromatic N) is 1. The second-order valence-electron chi connectivity index (χ2n) is 4.56. The Labute approximate surface area is 103 Å². The number of halogens is 1. The molecule has 1 amide bonds. The summed E-state index contributed by atoms with van der Waals surface area (Å²) >= 11 is 0. The fraction of sp³-hybridized carbons (Fsp3) is 0.909. The van der Waals surface area contributed by atoms with Crippen LogP contribution in [0, 0.1) is 11.8 Å². The maximum absolute atomic E-state index is 12.0. The van der Waals surface area contributed by atoms with E-state index in [1.165, 1.54) is 0 Å². The molecule has 0 aromatic carbocycles. The van der Waals surface area contributed by atoms with Crippen LogP contribution < -0.4 is 5.73 Å². The van der Waals surface area contributed by atoms with Crippen molar-refractivity contribution in [2.45, 2.75) is 19.3 Å². The van der Waals surface area contributed by atoms with Crippen LogP contribution in [0.1, 0.15) is 19.3 Å². The minimum absolute atomic E-state index is 0. The van der Waals surface area contributed by atoms with Gasteiger partial charge in [0.05, 0.1) is 12.5 Å². The van der Waals surface area contributed by atoms with Crippen molar-refractivity contribution in [2.75, 3.05) is 32.8 Å². The largest absolute Gasteiger partial charge is 0.381 e. The van der Waals surface area contributed by atoms with E-state index < -0.39 is 0 Å². The summed E-state index contributed by atoms with van der Waals surface area (Å²) in [5, 5.41) is 0. The highest BCUT2D eigenvalue weighted by Gasteiger charge is 2.30. The van der Waals surface area contributed by atoms with Gasteiger partial charge in [-0.1, -0.05) is 0 Å². The van der Waals surface area contributed by atoms with Gasteiger partial charge < -0.3 is 15.4 Å². The van der Waals surface area contributed by atoms with Crippen LogP contribution in [0.2, 0.25) is 0 Å². The minimum atomic E-state index is 0. The summed E-state index contributed by atoms with van der Waals surface area (Å²) in [4.78, 5) is 14.0. The minimum Gasteiger partial charge on any atom is -0.381 e. The first kappa shape index (κ1) is 13.7. The van der Waals surface area contributed by atoms with Gasteiger partial charge in [0.1, 0.15) is 0 Å². The van der Waals surface area contributed by atoms with Crippen LogP contribution >= 0.6 is 12.4 Å². The third-order valence-electron chi connectivity index (χ3n) is 3.54. The lowest BCUT2D eigenvalue weighted by Crippen LogP contribution is -2.43. The molecule has 1 atom stereocenters. The van der Waals surface area contributed by atoms with Gasteiger partial charge in [0, 0.05) is 19.7 Å². The van der Waals surface area contributed by atoms with E-state index in [2.05, 4.69) is 0 Å². The quantitative estimate of drug-likeness (QED) is 0.781. The van der Waals surface area contributed by atoms with Gasteiger partial charge in [-0.05, 0) is 31.7 Å². The van der Waals surface area contributed by atoms with Gasteiger partial charge in [-0.3, -0.25) is 4.79 Å². The van der Waals surface area contributed by atoms with E-state index in [0.29, 0.717) is 18.4 Å². The molecule has 5 heteroatoms. The zero-order valence-electron chi connectivity index (χ0n) is 9.56. The second-order valence-corrected chi connectivity index (χ2v) is 4.56. The third kappa shape index (κ3) is 3.09. The molecule has 0 bridgehead atoms. The Balaban J connectivity index is 0.00000128. The molecule has 0 aromatic rings. The first-order valence-electron chi connectivity index (χ1n) is 5.88. The van der Waals surface area contributed by atoms with Gasteiger partial charge in [-0.15, -0.1) is 12.4 Å². The number of hydrogen-bond acceptors (Lipinski definition) is 3. The molecule has 2 N–H and O–H groups in total. The summed E-state index contributed by atoms with van der Waals surface area (Å²) in [6.07, 6.45) is 3.03. The maximum atomic E-state index is 12.0. The summed E-state index contributed by atoms with van der Waals surface area (Å²) in [7, 11) is 0. The van der Waals surface area contributed by atoms with Crippen LogP contribution in [0.25, 0.3) is 0 Å². The Morgan fingerprint density at radius 1 is 1.31 bits per heavy atom. The lowest BCUT2D eigenvalue weighted by molar-refractivity contribution is -0.136. The van der Waals surface area contributed by atoms with E-state index in [4.69, 9.17) is 10.5 Å². The van der Waals surface area contributed by atoms with Gasteiger partial charge >= 0.3 is 0 Å². The SMILES string of the molecule is Cl.NCC1CCN(C(=O)C2CCOC2)CC1. The van der Waals surface area contributed by atoms with E-state index in [1.807, 2.05) is 4.90 Å². The van der Waals surface area contributed by atoms with Gasteiger partial charge in [0.15, 0.2) is 0 Å². The van der Waals surface area contributed by atoms with Crippen molar-refractivity contribution in [3.05, 3.63) is 0 Å². The number of carbonyl (C=O) groups excluding carboxylic acids is 1. The van der Waals surface area contributed by atoms with Gasteiger partial charge in [-0.25, -0.2) is 0 Å². The van der Waals surface area contributed by atoms with E-state index in [-0.39, 0.29) is 18.3 Å². The molecule has 2 aliphatic rings. The van der Waals surface area contributed by atoms with Crippen molar-refractivity contribution in [1.82, 2.24) is 4.90 Å². The zero-order valence-corrected chi connectivity index (χ0v) is 10.4. The zero-order chi connectivity index (χ0) is 10.7. The standard InChI is InChI=1S/C11H20N2O2.ClH/c12-7-9-1-4-13(5-2-9)11(14)10-3-6-15-8-10;/h9-10H,1-8,12H2;1H. The predicted octanol–water partition coefficient (Wildman–Crippen LogP) is 0.642. The van der Waals surface area contributed by atoms with Crippen molar-refractivity contribution < 1.29 is 9.53 Å². The smallest absolute Gasteiger partial charge is 0.228 e. The first-order chi connectivity index (χ1) is 7.31. The third-order valence-corrected chi connectivity index (χ3v) is 3.54. The van der Waals surface area contributed by atoms with Crippen molar-refractivity contribution in [3.63, 3.8) is 0 Å². The molecule has 2 rings (SSSR count). The number of ether oxygens (including phenoxy) is 1. The molecular formula is C11H21ClN2O2. The number of carbonyl (C=O) groups is 1. The highest BCUT2D eigenvalue weighted by Crippen LogP contribution is 2.21. The lowest BCUT2D eigenvalue weighted by atomic mass is 9.96. The van der Waals surface area contributed by atoms with E-state index in [9.17, 15) is 4.79 Å². The molecule has 2 heterocycles. The molecule has 16 heavy (non-hydrogen) atoms. The summed E-state index contributed by atoms with van der Waals surface area (Å²) < 4.78 is 5.24. The van der Waals surface area contributed by atoms with Crippen molar-refractivity contribution >= 4 is 18.3 Å². The maximum Gasteiger partial charge on any atom is 0.228 e. The van der Waals surface area contributed by atoms with Crippen molar-refractivity contribution in [1.29, 1.82) is 0 Å². The fourth-order valence-corrected chi connectivity index (χ4v) is 2.38. The number of amides is 1. The number of hydrogen-bond donors (Lipinski definition) is 1. The summed E-state index contributed by atoms with van der Waals surface area (Å²) in [5.74, 6) is 1.04. The number of likely N-dealkylation sites (tertiary alicyclic amines) is 1. The Kier molecular flexibility index (Phi) is 5.52. The van der Waals surface area contributed by atoms with E-state index in [1.54, 1.807) is 0 Å². The average molecular weight is 249 g/mol. The molecule has 1 unspecified atom stereocenters. The first-order valence-corrected chi connectivity index (χ1v) is 5.88. The van der Waals surface area contributed by atoms with Crippen LogP contribution in [0.4, 0.5) is 0 Å². The molecule has 2 aliphatic heterocycles. The van der Waals surface area contributed by atoms with Gasteiger partial charge in [0.2, 0.25) is 5.91 Å². The molecule has 0 aromatic heterocycles. The fourth-order valence-electron chi connectivity index (χ4n) is 2.38. The van der Waals surface area contributed by atoms with Crippen LogP contribution in [0.3, 0.4) is 0 Å². The Morgan fingerprint density at radius 2 is 2.00 bits per heavy atom. The Hall–Kier alpha value is -0.320. The monoisotopic (exact) mass is 248 g/mol. The molecule has 4 nitrogen and oxygen atoms in total. The normalized spacial score (nSPS) is 26.6. The molecule has 0 radical (unpaired) electrons. The Bertz CT molecular complexity index is 224. The summed E-state index contributed by atoms with van der Waals surface area (Å²) in [5.41, 5.74) is 5.62. The number of rotatable bonds is 2. The summed E-state index contributed by atoms with van der Waals surface area (Å²) in [6.45, 7) is 3.90. The molecular weight excluding hydrogens is 228 g/mol. The van der Waals surface area contributed by atoms with E-state index in [0.717, 1.165) is 45.5 Å². The average Bonchev–Trinajstić information content (AvgIpc) is 2.82. The van der Waals surface area contributed by atoms with Crippen molar-refractivity contribution in [2.24, 2.45) is 17.6 Å². The highest BCUT2D eigenvalue weighted by molar-refractivity contribution is 5.85. The number of piperidine rings is 1. The topological polar surface area (TPSA) is 55.6 Å². The van der Waals surface area contributed by atoms with Crippen LogP contribution in [-0.4, -0.2) is 43.7 Å². The second kappa shape index (κ2) is 6.42. The predicted molar refractivity (Wildman–Crippen MR) is 64.5 cm³/mol. The van der Waals surface area contributed by atoms with Crippen molar-refractivity contribution in [3.8, 4) is 0 Å². The molecule has 0 saturated carbocycles. The molecule has 0 aliphatic carbocycles. The lowest BCUT2D eigenvalue weighted by Gasteiger charge is -2.32. The summed E-state index contributed by atoms with van der Waals surface area (Å²) in [6, 6.07) is 0. The Morgan fingerprint density at radius 3 is 2.50 bits per heavy atom. The molecule has 94 valence electrons. The molecule has 0 spiro atoms. The van der Waals surface area contributed by atoms with Crippen LogP contribution in [0.15, 0.2) is 0 Å². The van der Waals surface area contributed by atoms with Crippen LogP contribution in [0.5, 0.6) is 0 Å². The van der Waals surface area contributed by atoms with E-state index >= 15 is 0 Å². The van der Waals surface area contributed by atoms with Crippen LogP contribution in [-0.2, 0) is 9.53 Å². The highest BCUT2D eigenvalue weighted by atomic mass is 35.5. The van der Waals surface area contributed by atoms with Gasteiger partial charge in [-0.2, -0.15) is 0 Å². The number of nitrogens with two attached hydrogens (primary N) is 1.